The SMILES string of the molecule is CC(C)(C)OC(=O)NCc1ccccc1C=O. The summed E-state index contributed by atoms with van der Waals surface area (Å²) < 4.78 is 5.09. The van der Waals surface area contributed by atoms with Gasteiger partial charge in [0.2, 0.25) is 0 Å². The molecule has 0 atom stereocenters. The number of amides is 1. The molecule has 0 radical (unpaired) electrons. The number of nitrogens with one attached hydrogen (secondary N) is 1. The number of aldehydes is 1. The lowest BCUT2D eigenvalue weighted by Gasteiger charge is -2.19. The van der Waals surface area contributed by atoms with E-state index in [0.717, 1.165) is 11.8 Å². The predicted octanol–water partition coefficient (Wildman–Crippen LogP) is 2.52. The van der Waals surface area contributed by atoms with E-state index in [1.54, 1.807) is 39.0 Å². The second-order valence-electron chi connectivity index (χ2n) is 4.67. The minimum atomic E-state index is -0.520. The van der Waals surface area contributed by atoms with Gasteiger partial charge < -0.3 is 10.1 Å². The van der Waals surface area contributed by atoms with E-state index in [1.807, 2.05) is 6.07 Å². The Morgan fingerprint density at radius 3 is 2.59 bits per heavy atom. The molecule has 1 aromatic rings. The van der Waals surface area contributed by atoms with E-state index in [9.17, 15) is 9.59 Å². The second kappa shape index (κ2) is 5.48. The third-order valence-electron chi connectivity index (χ3n) is 2.00. The molecule has 0 saturated heterocycles. The molecular weight excluding hydrogens is 218 g/mol. The van der Waals surface area contributed by atoms with Gasteiger partial charge in [-0.3, -0.25) is 4.79 Å². The smallest absolute Gasteiger partial charge is 0.407 e. The molecular formula is C13H17NO3. The molecule has 0 fully saturated rings. The van der Waals surface area contributed by atoms with Gasteiger partial charge in [-0.2, -0.15) is 0 Å². The Bertz CT molecular complexity index is 407. The Kier molecular flexibility index (Phi) is 4.26. The number of ether oxygens (including phenoxy) is 1. The quantitative estimate of drug-likeness (QED) is 0.819. The van der Waals surface area contributed by atoms with Crippen LogP contribution in [-0.2, 0) is 11.3 Å². The van der Waals surface area contributed by atoms with Crippen LogP contribution in [0, 0.1) is 0 Å². The Morgan fingerprint density at radius 1 is 1.35 bits per heavy atom. The molecule has 0 aliphatic rings. The molecule has 0 aliphatic carbocycles. The van der Waals surface area contributed by atoms with E-state index in [0.29, 0.717) is 5.56 Å². The summed E-state index contributed by atoms with van der Waals surface area (Å²) in [4.78, 5) is 22.2. The van der Waals surface area contributed by atoms with E-state index >= 15 is 0 Å². The summed E-state index contributed by atoms with van der Waals surface area (Å²) in [5.74, 6) is 0. The fourth-order valence-electron chi connectivity index (χ4n) is 1.29. The lowest BCUT2D eigenvalue weighted by Crippen LogP contribution is -2.32. The molecule has 1 rings (SSSR count). The summed E-state index contributed by atoms with van der Waals surface area (Å²) >= 11 is 0. The van der Waals surface area contributed by atoms with Crippen LogP contribution in [-0.4, -0.2) is 18.0 Å². The minimum absolute atomic E-state index is 0.282. The lowest BCUT2D eigenvalue weighted by molar-refractivity contribution is 0.0523. The third-order valence-corrected chi connectivity index (χ3v) is 2.00. The summed E-state index contributed by atoms with van der Waals surface area (Å²) in [5, 5.41) is 2.61. The molecule has 0 heterocycles. The van der Waals surface area contributed by atoms with Crippen LogP contribution in [0.3, 0.4) is 0 Å². The van der Waals surface area contributed by atoms with Gasteiger partial charge in [0.1, 0.15) is 11.9 Å². The minimum Gasteiger partial charge on any atom is -0.444 e. The van der Waals surface area contributed by atoms with Crippen molar-refractivity contribution in [3.63, 3.8) is 0 Å². The first-order chi connectivity index (χ1) is 7.92. The van der Waals surface area contributed by atoms with Gasteiger partial charge in [0.15, 0.2) is 0 Å². The Labute approximate surface area is 101 Å². The van der Waals surface area contributed by atoms with Crippen molar-refractivity contribution < 1.29 is 14.3 Å². The van der Waals surface area contributed by atoms with Crippen LogP contribution < -0.4 is 5.32 Å². The summed E-state index contributed by atoms with van der Waals surface area (Å²) in [6.45, 7) is 5.67. The van der Waals surface area contributed by atoms with Crippen molar-refractivity contribution in [2.45, 2.75) is 32.9 Å². The van der Waals surface area contributed by atoms with E-state index in [1.165, 1.54) is 0 Å². The van der Waals surface area contributed by atoms with E-state index in [-0.39, 0.29) is 6.54 Å². The number of hydrogen-bond donors (Lipinski definition) is 1. The van der Waals surface area contributed by atoms with Gasteiger partial charge in [-0.15, -0.1) is 0 Å². The molecule has 0 spiro atoms. The third kappa shape index (κ3) is 4.68. The first kappa shape index (κ1) is 13.2. The predicted molar refractivity (Wildman–Crippen MR) is 64.9 cm³/mol. The van der Waals surface area contributed by atoms with E-state index in [2.05, 4.69) is 5.32 Å². The fourth-order valence-corrected chi connectivity index (χ4v) is 1.29. The summed E-state index contributed by atoms with van der Waals surface area (Å²) in [7, 11) is 0. The molecule has 0 aromatic heterocycles. The van der Waals surface area contributed by atoms with Gasteiger partial charge in [-0.1, -0.05) is 24.3 Å². The summed E-state index contributed by atoms with van der Waals surface area (Å²) in [6, 6.07) is 7.10. The van der Waals surface area contributed by atoms with E-state index < -0.39 is 11.7 Å². The summed E-state index contributed by atoms with van der Waals surface area (Å²) in [5.41, 5.74) is 0.825. The van der Waals surface area contributed by atoms with Gasteiger partial charge in [-0.25, -0.2) is 4.79 Å². The van der Waals surface area contributed by atoms with Gasteiger partial charge in [0.05, 0.1) is 0 Å². The largest absolute Gasteiger partial charge is 0.444 e. The first-order valence-corrected chi connectivity index (χ1v) is 5.42. The molecule has 4 nitrogen and oxygen atoms in total. The molecule has 0 bridgehead atoms. The number of rotatable bonds is 3. The molecule has 0 unspecified atom stereocenters. The van der Waals surface area contributed by atoms with Crippen molar-refractivity contribution in [3.8, 4) is 0 Å². The number of carbonyl (C=O) groups excluding carboxylic acids is 2. The Morgan fingerprint density at radius 2 is 2.00 bits per heavy atom. The standard InChI is InChI=1S/C13H17NO3/c1-13(2,3)17-12(16)14-8-10-6-4-5-7-11(10)9-15/h4-7,9H,8H2,1-3H3,(H,14,16). The fraction of sp³-hybridized carbons (Fsp3) is 0.385. The van der Waals surface area contributed by atoms with Crippen LogP contribution in [0.2, 0.25) is 0 Å². The zero-order valence-electron chi connectivity index (χ0n) is 10.3. The second-order valence-corrected chi connectivity index (χ2v) is 4.67. The highest BCUT2D eigenvalue weighted by Crippen LogP contribution is 2.08. The van der Waals surface area contributed by atoms with Crippen molar-refractivity contribution >= 4 is 12.4 Å². The van der Waals surface area contributed by atoms with Crippen molar-refractivity contribution in [2.24, 2.45) is 0 Å². The summed E-state index contributed by atoms with van der Waals surface area (Å²) in [6.07, 6.45) is 0.282. The van der Waals surface area contributed by atoms with Gasteiger partial charge >= 0.3 is 6.09 Å². The van der Waals surface area contributed by atoms with Crippen LogP contribution in [0.5, 0.6) is 0 Å². The van der Waals surface area contributed by atoms with Crippen LogP contribution in [0.25, 0.3) is 0 Å². The maximum Gasteiger partial charge on any atom is 0.407 e. The number of benzene rings is 1. The first-order valence-electron chi connectivity index (χ1n) is 5.42. The molecule has 17 heavy (non-hydrogen) atoms. The number of hydrogen-bond acceptors (Lipinski definition) is 3. The average Bonchev–Trinajstić information content (AvgIpc) is 2.24. The maximum absolute atomic E-state index is 11.4. The van der Waals surface area contributed by atoms with Crippen molar-refractivity contribution in [1.29, 1.82) is 0 Å². The molecule has 92 valence electrons. The van der Waals surface area contributed by atoms with Crippen LogP contribution in [0.15, 0.2) is 24.3 Å². The van der Waals surface area contributed by atoms with Crippen LogP contribution in [0.1, 0.15) is 36.7 Å². The molecule has 0 saturated carbocycles. The van der Waals surface area contributed by atoms with Crippen molar-refractivity contribution in [2.75, 3.05) is 0 Å². The van der Waals surface area contributed by atoms with Crippen LogP contribution >= 0.6 is 0 Å². The van der Waals surface area contributed by atoms with Gasteiger partial charge in [0.25, 0.3) is 0 Å². The highest BCUT2D eigenvalue weighted by atomic mass is 16.6. The van der Waals surface area contributed by atoms with Gasteiger partial charge in [0, 0.05) is 12.1 Å². The number of alkyl carbamates (subject to hydrolysis) is 1. The highest BCUT2D eigenvalue weighted by Gasteiger charge is 2.15. The Balaban J connectivity index is 2.56. The highest BCUT2D eigenvalue weighted by molar-refractivity contribution is 5.77. The molecule has 0 aliphatic heterocycles. The van der Waals surface area contributed by atoms with E-state index in [4.69, 9.17) is 4.74 Å². The molecule has 1 N–H and O–H groups in total. The topological polar surface area (TPSA) is 55.4 Å². The molecule has 4 heteroatoms. The van der Waals surface area contributed by atoms with Crippen molar-refractivity contribution in [3.05, 3.63) is 35.4 Å². The van der Waals surface area contributed by atoms with Crippen LogP contribution in [0.4, 0.5) is 4.79 Å². The zero-order chi connectivity index (χ0) is 12.9. The zero-order valence-corrected chi connectivity index (χ0v) is 10.3. The number of carbonyl (C=O) groups is 2. The maximum atomic E-state index is 11.4. The Hall–Kier alpha value is -1.84. The normalized spacial score (nSPS) is 10.8. The monoisotopic (exact) mass is 235 g/mol. The van der Waals surface area contributed by atoms with Gasteiger partial charge in [-0.05, 0) is 26.3 Å². The molecule has 1 aromatic carbocycles. The van der Waals surface area contributed by atoms with Crippen molar-refractivity contribution in [1.82, 2.24) is 5.32 Å². The molecule has 1 amide bonds. The average molecular weight is 235 g/mol. The lowest BCUT2D eigenvalue weighted by atomic mass is 10.1.